The van der Waals surface area contributed by atoms with Crippen molar-refractivity contribution in [3.63, 3.8) is 0 Å². The zero-order valence-corrected chi connectivity index (χ0v) is 12.4. The Balaban J connectivity index is 1.55. The van der Waals surface area contributed by atoms with E-state index in [1.165, 1.54) is 4.80 Å². The summed E-state index contributed by atoms with van der Waals surface area (Å²) in [4.78, 5) is 20.0. The number of pyridine rings is 1. The lowest BCUT2D eigenvalue weighted by molar-refractivity contribution is -0.0270. The van der Waals surface area contributed by atoms with Crippen LogP contribution in [-0.2, 0) is 11.8 Å². The van der Waals surface area contributed by atoms with Crippen LogP contribution in [0.5, 0.6) is 0 Å². The van der Waals surface area contributed by atoms with Gasteiger partial charge in [0.25, 0.3) is 5.91 Å². The molecule has 4 heterocycles. The molecule has 1 amide bonds. The van der Waals surface area contributed by atoms with Crippen LogP contribution in [0, 0.1) is 0 Å². The Morgan fingerprint density at radius 3 is 3.17 bits per heavy atom. The number of rotatable bonds is 2. The van der Waals surface area contributed by atoms with Crippen LogP contribution in [0.4, 0.5) is 0 Å². The molecule has 0 aromatic carbocycles. The van der Waals surface area contributed by atoms with Crippen molar-refractivity contribution in [1.29, 1.82) is 0 Å². The van der Waals surface area contributed by atoms with Crippen molar-refractivity contribution in [3.8, 4) is 0 Å². The minimum Gasteiger partial charge on any atom is -0.366 e. The molecular formula is C13H14N8O2. The normalized spacial score (nSPS) is 18.5. The van der Waals surface area contributed by atoms with Crippen molar-refractivity contribution in [1.82, 2.24) is 40.3 Å². The number of aromatic amines is 1. The van der Waals surface area contributed by atoms with Gasteiger partial charge in [-0.3, -0.25) is 9.89 Å². The standard InChI is InChI=1S/C13H14N8O2/c1-20-18-12(17-19-20)10-7-21(4-5-23-10)13(22)9-3-2-8-6-14-16-11(8)15-9/h2-3,6,10H,4-5,7H2,1H3,(H,14,15,16). The van der Waals surface area contributed by atoms with Crippen LogP contribution in [-0.4, -0.2) is 65.9 Å². The number of carbonyl (C=O) groups excluding carboxylic acids is 1. The van der Waals surface area contributed by atoms with E-state index in [1.54, 1.807) is 24.2 Å². The van der Waals surface area contributed by atoms with E-state index < -0.39 is 0 Å². The first kappa shape index (κ1) is 13.8. The summed E-state index contributed by atoms with van der Waals surface area (Å²) >= 11 is 0. The van der Waals surface area contributed by atoms with Crippen molar-refractivity contribution in [2.24, 2.45) is 7.05 Å². The van der Waals surface area contributed by atoms with E-state index in [1.807, 2.05) is 6.07 Å². The van der Waals surface area contributed by atoms with Gasteiger partial charge >= 0.3 is 0 Å². The molecule has 10 nitrogen and oxygen atoms in total. The molecule has 4 rings (SSSR count). The fourth-order valence-corrected chi connectivity index (χ4v) is 2.53. The molecule has 3 aromatic heterocycles. The van der Waals surface area contributed by atoms with Crippen LogP contribution < -0.4 is 0 Å². The van der Waals surface area contributed by atoms with Crippen molar-refractivity contribution < 1.29 is 9.53 Å². The molecule has 1 unspecified atom stereocenters. The van der Waals surface area contributed by atoms with Crippen LogP contribution >= 0.6 is 0 Å². The number of nitrogens with zero attached hydrogens (tertiary/aromatic N) is 7. The van der Waals surface area contributed by atoms with Crippen LogP contribution in [0.1, 0.15) is 22.4 Å². The third-order valence-electron chi connectivity index (χ3n) is 3.69. The number of fused-ring (bicyclic) bond motifs is 1. The van der Waals surface area contributed by atoms with Gasteiger partial charge in [-0.15, -0.1) is 10.2 Å². The Labute approximate surface area is 130 Å². The lowest BCUT2D eigenvalue weighted by Crippen LogP contribution is -2.42. The Morgan fingerprint density at radius 1 is 1.43 bits per heavy atom. The monoisotopic (exact) mass is 314 g/mol. The Hall–Kier alpha value is -2.88. The van der Waals surface area contributed by atoms with Gasteiger partial charge in [0.05, 0.1) is 26.4 Å². The number of aromatic nitrogens is 7. The van der Waals surface area contributed by atoms with Crippen molar-refractivity contribution in [2.75, 3.05) is 19.7 Å². The highest BCUT2D eigenvalue weighted by Gasteiger charge is 2.29. The molecule has 10 heteroatoms. The summed E-state index contributed by atoms with van der Waals surface area (Å²) in [7, 11) is 1.69. The summed E-state index contributed by atoms with van der Waals surface area (Å²) < 4.78 is 5.64. The average Bonchev–Trinajstić information content (AvgIpc) is 3.22. The molecule has 1 atom stereocenters. The summed E-state index contributed by atoms with van der Waals surface area (Å²) in [6.45, 7) is 1.28. The highest BCUT2D eigenvalue weighted by Crippen LogP contribution is 2.20. The lowest BCUT2D eigenvalue weighted by Gasteiger charge is -2.31. The first-order chi connectivity index (χ1) is 11.2. The summed E-state index contributed by atoms with van der Waals surface area (Å²) in [5, 5.41) is 19.4. The number of H-pyrrole nitrogens is 1. The largest absolute Gasteiger partial charge is 0.366 e. The Kier molecular flexibility index (Phi) is 3.23. The van der Waals surface area contributed by atoms with E-state index >= 15 is 0 Å². The molecule has 23 heavy (non-hydrogen) atoms. The topological polar surface area (TPSA) is 115 Å². The molecule has 0 radical (unpaired) electrons. The third-order valence-corrected chi connectivity index (χ3v) is 3.69. The zero-order valence-electron chi connectivity index (χ0n) is 12.4. The second-order valence-electron chi connectivity index (χ2n) is 5.25. The van der Waals surface area contributed by atoms with Gasteiger partial charge < -0.3 is 9.64 Å². The zero-order chi connectivity index (χ0) is 15.8. The van der Waals surface area contributed by atoms with E-state index in [2.05, 4.69) is 30.6 Å². The second kappa shape index (κ2) is 5.39. The molecule has 0 spiro atoms. The van der Waals surface area contributed by atoms with Crippen LogP contribution in [0.25, 0.3) is 11.0 Å². The van der Waals surface area contributed by atoms with Crippen LogP contribution in [0.2, 0.25) is 0 Å². The fourth-order valence-electron chi connectivity index (χ4n) is 2.53. The highest BCUT2D eigenvalue weighted by atomic mass is 16.5. The number of amides is 1. The maximum atomic E-state index is 12.7. The molecule has 118 valence electrons. The molecule has 1 aliphatic heterocycles. The maximum Gasteiger partial charge on any atom is 0.272 e. The van der Waals surface area contributed by atoms with Crippen molar-refractivity contribution >= 4 is 16.9 Å². The van der Waals surface area contributed by atoms with Gasteiger partial charge in [0, 0.05) is 11.9 Å². The van der Waals surface area contributed by atoms with E-state index in [9.17, 15) is 4.79 Å². The number of hydrogen-bond donors (Lipinski definition) is 1. The number of nitrogens with one attached hydrogen (secondary N) is 1. The number of tetrazole rings is 1. The van der Waals surface area contributed by atoms with Gasteiger partial charge in [0.15, 0.2) is 5.65 Å². The molecule has 1 saturated heterocycles. The highest BCUT2D eigenvalue weighted by molar-refractivity contribution is 5.94. The summed E-state index contributed by atoms with van der Waals surface area (Å²) in [5.74, 6) is 0.320. The predicted octanol–water partition coefficient (Wildman–Crippen LogP) is -0.305. The van der Waals surface area contributed by atoms with Gasteiger partial charge in [-0.2, -0.15) is 9.90 Å². The predicted molar refractivity (Wildman–Crippen MR) is 77.3 cm³/mol. The molecule has 0 bridgehead atoms. The summed E-state index contributed by atoms with van der Waals surface area (Å²) in [5.41, 5.74) is 0.964. The number of morpholine rings is 1. The molecule has 0 aliphatic carbocycles. The SMILES string of the molecule is Cn1nnc(C2CN(C(=O)c3ccc4cn[nH]c4n3)CCO2)n1. The first-order valence-electron chi connectivity index (χ1n) is 7.15. The molecule has 3 aromatic rings. The van der Waals surface area contributed by atoms with E-state index in [4.69, 9.17) is 4.74 Å². The third kappa shape index (κ3) is 2.52. The number of hydrogen-bond acceptors (Lipinski definition) is 7. The van der Waals surface area contributed by atoms with Crippen molar-refractivity contribution in [3.05, 3.63) is 29.8 Å². The summed E-state index contributed by atoms with van der Waals surface area (Å²) in [6.07, 6.45) is 1.29. The van der Waals surface area contributed by atoms with Crippen LogP contribution in [0.3, 0.4) is 0 Å². The molecule has 1 fully saturated rings. The van der Waals surface area contributed by atoms with E-state index in [-0.39, 0.29) is 12.0 Å². The quantitative estimate of drug-likeness (QED) is 0.690. The minimum atomic E-state index is -0.378. The van der Waals surface area contributed by atoms with Gasteiger partial charge in [0.2, 0.25) is 5.82 Å². The Morgan fingerprint density at radius 2 is 2.35 bits per heavy atom. The number of ether oxygens (including phenoxy) is 1. The van der Waals surface area contributed by atoms with Crippen molar-refractivity contribution in [2.45, 2.75) is 6.10 Å². The van der Waals surface area contributed by atoms with E-state index in [0.29, 0.717) is 36.9 Å². The lowest BCUT2D eigenvalue weighted by atomic mass is 10.2. The van der Waals surface area contributed by atoms with Crippen LogP contribution in [0.15, 0.2) is 18.3 Å². The Bertz CT molecular complexity index is 856. The molecular weight excluding hydrogens is 300 g/mol. The smallest absolute Gasteiger partial charge is 0.272 e. The number of carbonyl (C=O) groups is 1. The second-order valence-corrected chi connectivity index (χ2v) is 5.25. The van der Waals surface area contributed by atoms with Gasteiger partial charge in [-0.1, -0.05) is 0 Å². The fraction of sp³-hybridized carbons (Fsp3) is 0.385. The van der Waals surface area contributed by atoms with E-state index in [0.717, 1.165) is 5.39 Å². The minimum absolute atomic E-state index is 0.154. The maximum absolute atomic E-state index is 12.7. The molecule has 1 aliphatic rings. The van der Waals surface area contributed by atoms with Gasteiger partial charge in [-0.25, -0.2) is 4.98 Å². The van der Waals surface area contributed by atoms with Gasteiger partial charge in [0.1, 0.15) is 11.8 Å². The first-order valence-corrected chi connectivity index (χ1v) is 7.15. The average molecular weight is 314 g/mol. The van der Waals surface area contributed by atoms with Gasteiger partial charge in [-0.05, 0) is 17.3 Å². The molecule has 0 saturated carbocycles. The number of aryl methyl sites for hydroxylation is 1. The molecule has 1 N–H and O–H groups in total. The summed E-state index contributed by atoms with van der Waals surface area (Å²) in [6, 6.07) is 3.52.